The number of hydrogen-bond acceptors (Lipinski definition) is 6. The topological polar surface area (TPSA) is 95.7 Å². The molecule has 4 rings (SSSR count). The van der Waals surface area contributed by atoms with E-state index in [9.17, 15) is 4.79 Å². The van der Waals surface area contributed by atoms with Crippen LogP contribution in [0.2, 0.25) is 0 Å². The number of rotatable bonds is 4. The third kappa shape index (κ3) is 3.62. The van der Waals surface area contributed by atoms with Gasteiger partial charge in [-0.05, 0) is 25.0 Å². The van der Waals surface area contributed by atoms with Crippen LogP contribution in [-0.4, -0.2) is 34.8 Å². The van der Waals surface area contributed by atoms with Gasteiger partial charge < -0.3 is 9.73 Å². The number of amides is 2. The Morgan fingerprint density at radius 2 is 2.16 bits per heavy atom. The summed E-state index contributed by atoms with van der Waals surface area (Å²) >= 11 is 0. The van der Waals surface area contributed by atoms with Crippen LogP contribution in [0.1, 0.15) is 32.1 Å². The van der Waals surface area contributed by atoms with Gasteiger partial charge in [-0.1, -0.05) is 12.8 Å². The van der Waals surface area contributed by atoms with Gasteiger partial charge in [0.15, 0.2) is 17.4 Å². The maximum atomic E-state index is 12.2. The number of nitrogens with one attached hydrogen (secondary N) is 2. The average Bonchev–Trinajstić information content (AvgIpc) is 3.37. The molecule has 1 aliphatic heterocycles. The molecule has 2 aliphatic rings. The number of anilines is 2. The van der Waals surface area contributed by atoms with Crippen molar-refractivity contribution < 1.29 is 9.21 Å². The van der Waals surface area contributed by atoms with E-state index in [4.69, 9.17) is 4.42 Å². The molecule has 25 heavy (non-hydrogen) atoms. The first-order valence-electron chi connectivity index (χ1n) is 8.58. The predicted molar refractivity (Wildman–Crippen MR) is 94.6 cm³/mol. The summed E-state index contributed by atoms with van der Waals surface area (Å²) in [4.78, 5) is 21.2. The van der Waals surface area contributed by atoms with Crippen molar-refractivity contribution in [2.45, 2.75) is 38.1 Å². The number of hydrogen-bond donors (Lipinski definition) is 2. The van der Waals surface area contributed by atoms with Gasteiger partial charge in [0, 0.05) is 31.3 Å². The van der Waals surface area contributed by atoms with Gasteiger partial charge in [0.2, 0.25) is 0 Å². The molecular formula is C17H20N6O2. The zero-order chi connectivity index (χ0) is 17.1. The number of carbonyl (C=O) groups excluding carboxylic acids is 1. The van der Waals surface area contributed by atoms with Gasteiger partial charge in [-0.25, -0.2) is 19.8 Å². The van der Waals surface area contributed by atoms with Gasteiger partial charge in [0.25, 0.3) is 0 Å². The Balaban J connectivity index is 1.57. The lowest BCUT2D eigenvalue weighted by molar-refractivity contribution is 0.248. The molecule has 0 saturated heterocycles. The van der Waals surface area contributed by atoms with E-state index in [-0.39, 0.29) is 12.1 Å². The number of urea groups is 1. The first-order valence-corrected chi connectivity index (χ1v) is 8.58. The van der Waals surface area contributed by atoms with Crippen LogP contribution < -0.4 is 15.6 Å². The second-order valence-corrected chi connectivity index (χ2v) is 6.20. The molecule has 0 spiro atoms. The van der Waals surface area contributed by atoms with Crippen LogP contribution in [0.15, 0.2) is 34.0 Å². The standard InChI is InChI=1S/C17H20N6O2/c24-17(19-12-5-1-2-6-12)21-14-11-15(23-9-4-8-18-23)22-16(20-14)13-7-3-10-25-13/h3,7-8,10-12H,1-2,4-6,9H2,(H2,19,20,21,22,24). The first kappa shape index (κ1) is 15.6. The Kier molecular flexibility index (Phi) is 4.32. The SMILES string of the molecule is O=C(Nc1cc(N2CCC=N2)nc(-c2ccco2)n1)NC1CCCC1. The summed E-state index contributed by atoms with van der Waals surface area (Å²) in [5.74, 6) is 2.02. The molecular weight excluding hydrogens is 320 g/mol. The average molecular weight is 340 g/mol. The minimum Gasteiger partial charge on any atom is -0.461 e. The van der Waals surface area contributed by atoms with E-state index in [1.807, 2.05) is 6.21 Å². The molecule has 2 N–H and O–H groups in total. The summed E-state index contributed by atoms with van der Waals surface area (Å²) in [6, 6.07) is 5.29. The highest BCUT2D eigenvalue weighted by atomic mass is 16.3. The van der Waals surface area contributed by atoms with Gasteiger partial charge in [0.05, 0.1) is 6.26 Å². The molecule has 2 aromatic rings. The van der Waals surface area contributed by atoms with E-state index in [1.54, 1.807) is 29.5 Å². The quantitative estimate of drug-likeness (QED) is 0.892. The molecule has 130 valence electrons. The molecule has 2 aromatic heterocycles. The maximum Gasteiger partial charge on any atom is 0.320 e. The fourth-order valence-electron chi connectivity index (χ4n) is 3.12. The fraction of sp³-hybridized carbons (Fsp3) is 0.412. The molecule has 0 bridgehead atoms. The van der Waals surface area contributed by atoms with Gasteiger partial charge >= 0.3 is 6.03 Å². The minimum absolute atomic E-state index is 0.244. The Labute approximate surface area is 145 Å². The minimum atomic E-state index is -0.244. The third-order valence-corrected chi connectivity index (χ3v) is 4.34. The van der Waals surface area contributed by atoms with Gasteiger partial charge in [0.1, 0.15) is 5.82 Å². The van der Waals surface area contributed by atoms with Crippen LogP contribution in [-0.2, 0) is 0 Å². The summed E-state index contributed by atoms with van der Waals surface area (Å²) in [6.45, 7) is 0.752. The number of nitrogens with zero attached hydrogens (tertiary/aromatic N) is 4. The second-order valence-electron chi connectivity index (χ2n) is 6.20. The fourth-order valence-corrected chi connectivity index (χ4v) is 3.12. The molecule has 0 unspecified atom stereocenters. The summed E-state index contributed by atoms with van der Waals surface area (Å²) in [5, 5.41) is 11.9. The smallest absolute Gasteiger partial charge is 0.320 e. The van der Waals surface area contributed by atoms with Crippen molar-refractivity contribution in [3.63, 3.8) is 0 Å². The Morgan fingerprint density at radius 1 is 1.28 bits per heavy atom. The number of furan rings is 1. The lowest BCUT2D eigenvalue weighted by Gasteiger charge is -2.16. The molecule has 1 aliphatic carbocycles. The highest BCUT2D eigenvalue weighted by molar-refractivity contribution is 5.89. The van der Waals surface area contributed by atoms with Crippen molar-refractivity contribution in [3.05, 3.63) is 24.5 Å². The normalized spacial score (nSPS) is 17.2. The van der Waals surface area contributed by atoms with E-state index < -0.39 is 0 Å². The van der Waals surface area contributed by atoms with Gasteiger partial charge in [-0.2, -0.15) is 5.10 Å². The molecule has 1 saturated carbocycles. The zero-order valence-electron chi connectivity index (χ0n) is 13.8. The monoisotopic (exact) mass is 340 g/mol. The predicted octanol–water partition coefficient (Wildman–Crippen LogP) is 3.00. The van der Waals surface area contributed by atoms with Crippen LogP contribution in [0.25, 0.3) is 11.6 Å². The summed E-state index contributed by atoms with van der Waals surface area (Å²) < 4.78 is 5.39. The van der Waals surface area contributed by atoms with Crippen LogP contribution in [0, 0.1) is 0 Å². The maximum absolute atomic E-state index is 12.2. The van der Waals surface area contributed by atoms with E-state index in [0.29, 0.717) is 23.2 Å². The van der Waals surface area contributed by atoms with Gasteiger partial charge in [-0.15, -0.1) is 0 Å². The third-order valence-electron chi connectivity index (χ3n) is 4.34. The van der Waals surface area contributed by atoms with E-state index in [0.717, 1.165) is 38.6 Å². The second kappa shape index (κ2) is 6.92. The van der Waals surface area contributed by atoms with Gasteiger partial charge in [-0.3, -0.25) is 5.32 Å². The van der Waals surface area contributed by atoms with Crippen LogP contribution in [0.3, 0.4) is 0 Å². The number of hydrazone groups is 1. The van der Waals surface area contributed by atoms with Crippen molar-refractivity contribution >= 4 is 23.9 Å². The van der Waals surface area contributed by atoms with Crippen molar-refractivity contribution in [2.75, 3.05) is 16.9 Å². The molecule has 1 fully saturated rings. The number of carbonyl (C=O) groups is 1. The lowest BCUT2D eigenvalue weighted by Crippen LogP contribution is -2.36. The van der Waals surface area contributed by atoms with Crippen molar-refractivity contribution in [3.8, 4) is 11.6 Å². The largest absolute Gasteiger partial charge is 0.461 e. The Bertz CT molecular complexity index is 767. The first-order chi connectivity index (χ1) is 12.3. The van der Waals surface area contributed by atoms with Crippen molar-refractivity contribution in [1.82, 2.24) is 15.3 Å². The van der Waals surface area contributed by atoms with Crippen LogP contribution >= 0.6 is 0 Å². The molecule has 2 amide bonds. The molecule has 8 nitrogen and oxygen atoms in total. The lowest BCUT2D eigenvalue weighted by atomic mass is 10.2. The highest BCUT2D eigenvalue weighted by Gasteiger charge is 2.19. The Hall–Kier alpha value is -2.90. The zero-order valence-corrected chi connectivity index (χ0v) is 13.8. The summed E-state index contributed by atoms with van der Waals surface area (Å²) in [6.07, 6.45) is 8.67. The number of aromatic nitrogens is 2. The molecule has 3 heterocycles. The summed E-state index contributed by atoms with van der Waals surface area (Å²) in [7, 11) is 0. The Morgan fingerprint density at radius 3 is 2.88 bits per heavy atom. The van der Waals surface area contributed by atoms with E-state index >= 15 is 0 Å². The van der Waals surface area contributed by atoms with Crippen molar-refractivity contribution in [1.29, 1.82) is 0 Å². The van der Waals surface area contributed by atoms with Crippen molar-refractivity contribution in [2.24, 2.45) is 5.10 Å². The van der Waals surface area contributed by atoms with Crippen LogP contribution in [0.5, 0.6) is 0 Å². The van der Waals surface area contributed by atoms with E-state index in [1.165, 1.54) is 0 Å². The highest BCUT2D eigenvalue weighted by Crippen LogP contribution is 2.24. The molecule has 0 atom stereocenters. The van der Waals surface area contributed by atoms with Crippen LogP contribution in [0.4, 0.5) is 16.4 Å². The molecule has 8 heteroatoms. The molecule has 0 radical (unpaired) electrons. The summed E-state index contributed by atoms with van der Waals surface area (Å²) in [5.41, 5.74) is 0. The van der Waals surface area contributed by atoms with E-state index in [2.05, 4.69) is 25.7 Å². The molecule has 0 aromatic carbocycles.